The van der Waals surface area contributed by atoms with Gasteiger partial charge in [-0.3, -0.25) is 14.4 Å². The molecule has 1 amide bonds. The number of hydrogen-bond acceptors (Lipinski definition) is 3. The number of nitrogens with one attached hydrogen (secondary N) is 2. The fraction of sp³-hybridized carbons (Fsp3) is 0.0952. The Kier molecular flexibility index (Phi) is 4.80. The maximum atomic E-state index is 12.9. The summed E-state index contributed by atoms with van der Waals surface area (Å²) in [6, 6.07) is 15.1. The molecule has 26 heavy (non-hydrogen) atoms. The zero-order valence-electron chi connectivity index (χ0n) is 14.5. The first-order chi connectivity index (χ1) is 12.5. The van der Waals surface area contributed by atoms with E-state index in [0.29, 0.717) is 11.1 Å². The van der Waals surface area contributed by atoms with Crippen LogP contribution in [0.2, 0.25) is 0 Å². The molecule has 2 aromatic carbocycles. The zero-order chi connectivity index (χ0) is 18.7. The summed E-state index contributed by atoms with van der Waals surface area (Å²) in [4.78, 5) is 39.8. The summed E-state index contributed by atoms with van der Waals surface area (Å²) in [5, 5.41) is 2.56. The zero-order valence-corrected chi connectivity index (χ0v) is 14.5. The van der Waals surface area contributed by atoms with Gasteiger partial charge in [0.2, 0.25) is 0 Å². The topological polar surface area (TPSA) is 79.0 Å². The van der Waals surface area contributed by atoms with Gasteiger partial charge >= 0.3 is 0 Å². The van der Waals surface area contributed by atoms with Gasteiger partial charge in [0.05, 0.1) is 5.56 Å². The Morgan fingerprint density at radius 2 is 1.62 bits per heavy atom. The van der Waals surface area contributed by atoms with Crippen molar-refractivity contribution >= 4 is 17.4 Å². The number of H-pyrrole nitrogens is 1. The van der Waals surface area contributed by atoms with Crippen molar-refractivity contribution in [3.8, 4) is 0 Å². The van der Waals surface area contributed by atoms with E-state index in [1.807, 2.05) is 26.0 Å². The fourth-order valence-electron chi connectivity index (χ4n) is 2.63. The van der Waals surface area contributed by atoms with Crippen molar-refractivity contribution in [3.63, 3.8) is 0 Å². The second kappa shape index (κ2) is 7.19. The monoisotopic (exact) mass is 346 g/mol. The van der Waals surface area contributed by atoms with Gasteiger partial charge in [-0.25, -0.2) is 0 Å². The lowest BCUT2D eigenvalue weighted by atomic mass is 9.95. The number of pyridine rings is 1. The van der Waals surface area contributed by atoms with Crippen LogP contribution in [0, 0.1) is 13.8 Å². The summed E-state index contributed by atoms with van der Waals surface area (Å²) in [7, 11) is 0. The molecule has 1 heterocycles. The molecule has 1 aromatic heterocycles. The first-order valence-corrected chi connectivity index (χ1v) is 8.17. The predicted octanol–water partition coefficient (Wildman–Crippen LogP) is 3.48. The number of hydrogen-bond donors (Lipinski definition) is 2. The van der Waals surface area contributed by atoms with Crippen LogP contribution in [0.1, 0.15) is 37.4 Å². The molecule has 0 spiro atoms. The van der Waals surface area contributed by atoms with E-state index < -0.39 is 11.5 Å². The van der Waals surface area contributed by atoms with E-state index in [4.69, 9.17) is 0 Å². The first kappa shape index (κ1) is 17.4. The van der Waals surface area contributed by atoms with E-state index in [2.05, 4.69) is 10.3 Å². The molecule has 5 heteroatoms. The van der Waals surface area contributed by atoms with E-state index in [1.165, 1.54) is 12.3 Å². The average molecular weight is 346 g/mol. The minimum absolute atomic E-state index is 0.130. The highest BCUT2D eigenvalue weighted by Gasteiger charge is 2.19. The summed E-state index contributed by atoms with van der Waals surface area (Å²) in [6.07, 6.45) is 1.48. The molecule has 130 valence electrons. The van der Waals surface area contributed by atoms with Crippen molar-refractivity contribution in [1.82, 2.24) is 4.98 Å². The molecule has 0 saturated heterocycles. The molecule has 0 atom stereocenters. The fourth-order valence-corrected chi connectivity index (χ4v) is 2.63. The summed E-state index contributed by atoms with van der Waals surface area (Å²) in [5.74, 6) is -0.740. The van der Waals surface area contributed by atoms with Crippen LogP contribution >= 0.6 is 0 Å². The number of carbonyl (C=O) groups is 2. The number of anilines is 1. The molecule has 0 fully saturated rings. The summed E-state index contributed by atoms with van der Waals surface area (Å²) < 4.78 is 0. The summed E-state index contributed by atoms with van der Waals surface area (Å²) >= 11 is 0. The molecule has 0 bridgehead atoms. The smallest absolute Gasteiger partial charge is 0.271 e. The Bertz CT molecular complexity index is 1050. The van der Waals surface area contributed by atoms with Crippen molar-refractivity contribution in [2.45, 2.75) is 13.8 Å². The first-order valence-electron chi connectivity index (χ1n) is 8.17. The van der Waals surface area contributed by atoms with Crippen LogP contribution in [-0.4, -0.2) is 16.7 Å². The Balaban J connectivity index is 1.96. The van der Waals surface area contributed by atoms with Gasteiger partial charge in [0.25, 0.3) is 11.5 Å². The van der Waals surface area contributed by atoms with Gasteiger partial charge < -0.3 is 10.3 Å². The number of aromatic nitrogens is 1. The van der Waals surface area contributed by atoms with Crippen LogP contribution in [-0.2, 0) is 0 Å². The lowest BCUT2D eigenvalue weighted by Gasteiger charge is -2.10. The van der Waals surface area contributed by atoms with Gasteiger partial charge in [-0.05, 0) is 49.2 Å². The Hall–Kier alpha value is -3.47. The maximum Gasteiger partial charge on any atom is 0.271 e. The molecule has 0 aliphatic carbocycles. The molecule has 0 aliphatic heterocycles. The molecule has 0 saturated carbocycles. The standard InChI is InChI=1S/C21H18N2O3/c1-13-9-10-15(12-14(13)2)19(24)16-6-3-4-7-17(16)20(25)23-18-8-5-11-22-21(18)26/h3-12H,1-2H3,(H,22,26)(H,23,25). The molecule has 3 rings (SSSR count). The number of aryl methyl sites for hydroxylation is 2. The average Bonchev–Trinajstić information content (AvgIpc) is 2.65. The third kappa shape index (κ3) is 3.47. The van der Waals surface area contributed by atoms with Crippen molar-refractivity contribution in [1.29, 1.82) is 0 Å². The number of rotatable bonds is 4. The number of benzene rings is 2. The minimum Gasteiger partial charge on any atom is -0.327 e. The molecule has 0 unspecified atom stereocenters. The molecule has 5 nitrogen and oxygen atoms in total. The van der Waals surface area contributed by atoms with Gasteiger partial charge in [0.15, 0.2) is 5.78 Å². The van der Waals surface area contributed by atoms with Gasteiger partial charge in [-0.1, -0.05) is 30.3 Å². The van der Waals surface area contributed by atoms with Crippen LogP contribution < -0.4 is 10.9 Å². The van der Waals surface area contributed by atoms with Crippen LogP contribution in [0.15, 0.2) is 65.6 Å². The minimum atomic E-state index is -0.505. The third-order valence-electron chi connectivity index (χ3n) is 4.25. The molecule has 0 radical (unpaired) electrons. The molecular formula is C21H18N2O3. The van der Waals surface area contributed by atoms with Crippen molar-refractivity contribution in [3.05, 3.63) is 99.0 Å². The van der Waals surface area contributed by atoms with Gasteiger partial charge in [-0.2, -0.15) is 0 Å². The molecular weight excluding hydrogens is 328 g/mol. The number of aromatic amines is 1. The van der Waals surface area contributed by atoms with Gasteiger partial charge in [0.1, 0.15) is 5.69 Å². The summed E-state index contributed by atoms with van der Waals surface area (Å²) in [5.41, 5.74) is 2.86. The van der Waals surface area contributed by atoms with Crippen molar-refractivity contribution < 1.29 is 9.59 Å². The van der Waals surface area contributed by atoms with Crippen molar-refractivity contribution in [2.75, 3.05) is 5.32 Å². The highest BCUT2D eigenvalue weighted by molar-refractivity contribution is 6.17. The van der Waals surface area contributed by atoms with Crippen LogP contribution in [0.5, 0.6) is 0 Å². The van der Waals surface area contributed by atoms with Crippen LogP contribution in [0.3, 0.4) is 0 Å². The van der Waals surface area contributed by atoms with Gasteiger partial charge in [0, 0.05) is 17.3 Å². The van der Waals surface area contributed by atoms with E-state index in [0.717, 1.165) is 11.1 Å². The largest absolute Gasteiger partial charge is 0.327 e. The lowest BCUT2D eigenvalue weighted by molar-refractivity contribution is 0.0996. The van der Waals surface area contributed by atoms with Gasteiger partial charge in [-0.15, -0.1) is 0 Å². The maximum absolute atomic E-state index is 12.9. The second-order valence-electron chi connectivity index (χ2n) is 6.04. The number of carbonyl (C=O) groups excluding carboxylic acids is 2. The highest BCUT2D eigenvalue weighted by atomic mass is 16.2. The molecule has 2 N–H and O–H groups in total. The van der Waals surface area contributed by atoms with Crippen molar-refractivity contribution in [2.24, 2.45) is 0 Å². The Morgan fingerprint density at radius 1 is 0.885 bits per heavy atom. The normalized spacial score (nSPS) is 10.4. The predicted molar refractivity (Wildman–Crippen MR) is 101 cm³/mol. The quantitative estimate of drug-likeness (QED) is 0.710. The van der Waals surface area contributed by atoms with Crippen LogP contribution in [0.25, 0.3) is 0 Å². The van der Waals surface area contributed by atoms with E-state index in [-0.39, 0.29) is 17.0 Å². The second-order valence-corrected chi connectivity index (χ2v) is 6.04. The highest BCUT2D eigenvalue weighted by Crippen LogP contribution is 2.18. The third-order valence-corrected chi connectivity index (χ3v) is 4.25. The summed E-state index contributed by atoms with van der Waals surface area (Å²) in [6.45, 7) is 3.91. The van der Waals surface area contributed by atoms with E-state index >= 15 is 0 Å². The Labute approximate surface area is 150 Å². The number of amides is 1. The van der Waals surface area contributed by atoms with E-state index in [1.54, 1.807) is 36.4 Å². The number of ketones is 1. The Morgan fingerprint density at radius 3 is 2.31 bits per heavy atom. The molecule has 0 aliphatic rings. The van der Waals surface area contributed by atoms with E-state index in [9.17, 15) is 14.4 Å². The lowest BCUT2D eigenvalue weighted by Crippen LogP contribution is -2.21. The SMILES string of the molecule is Cc1ccc(C(=O)c2ccccc2C(=O)Nc2ccc[nH]c2=O)cc1C. The van der Waals surface area contributed by atoms with Crippen LogP contribution in [0.4, 0.5) is 5.69 Å². The molecule has 3 aromatic rings.